The summed E-state index contributed by atoms with van der Waals surface area (Å²) in [5.74, 6) is -0.336. The molecular weight excluding hydrogens is 276 g/mol. The van der Waals surface area contributed by atoms with Crippen molar-refractivity contribution in [3.8, 4) is 0 Å². The minimum absolute atomic E-state index is 0.113. The van der Waals surface area contributed by atoms with Crippen molar-refractivity contribution in [1.29, 1.82) is 0 Å². The first-order chi connectivity index (χ1) is 9.66. The Morgan fingerprint density at radius 2 is 2.15 bits per heavy atom. The number of hydrogen-bond acceptors (Lipinski definition) is 5. The summed E-state index contributed by atoms with van der Waals surface area (Å²) in [6.45, 7) is 1.84. The molecule has 7 heteroatoms. The van der Waals surface area contributed by atoms with Crippen LogP contribution in [0.2, 0.25) is 0 Å². The van der Waals surface area contributed by atoms with E-state index in [-0.39, 0.29) is 11.6 Å². The molecule has 0 fully saturated rings. The molecule has 0 radical (unpaired) electrons. The Morgan fingerprint density at radius 1 is 1.35 bits per heavy atom. The van der Waals surface area contributed by atoms with E-state index in [0.717, 1.165) is 10.1 Å². The summed E-state index contributed by atoms with van der Waals surface area (Å²) in [7, 11) is 0. The van der Waals surface area contributed by atoms with Gasteiger partial charge < -0.3 is 5.32 Å². The Hall–Kier alpha value is -2.54. The van der Waals surface area contributed by atoms with Gasteiger partial charge in [0.05, 0.1) is 6.20 Å². The van der Waals surface area contributed by atoms with Crippen LogP contribution in [-0.2, 0) is 0 Å². The van der Waals surface area contributed by atoms with Crippen molar-refractivity contribution in [3.05, 3.63) is 57.5 Å². The first-order valence-corrected chi connectivity index (χ1v) is 6.73. The van der Waals surface area contributed by atoms with Gasteiger partial charge in [-0.05, 0) is 18.6 Å². The quantitative estimate of drug-likeness (QED) is 0.778. The van der Waals surface area contributed by atoms with E-state index in [1.807, 2.05) is 19.1 Å². The molecule has 0 aliphatic rings. The summed E-state index contributed by atoms with van der Waals surface area (Å²) in [6.07, 6.45) is 1.35. The fourth-order valence-corrected chi connectivity index (χ4v) is 2.41. The lowest BCUT2D eigenvalue weighted by molar-refractivity contribution is 0.102. The highest BCUT2D eigenvalue weighted by Gasteiger charge is 2.12. The molecule has 6 nitrogen and oxygen atoms in total. The lowest BCUT2D eigenvalue weighted by Gasteiger charge is -2.06. The number of hydrogen-bond donors (Lipinski definition) is 1. The highest BCUT2D eigenvalue weighted by atomic mass is 32.1. The molecule has 3 aromatic rings. The molecular formula is C13H10N4O2S. The van der Waals surface area contributed by atoms with Crippen molar-refractivity contribution >= 4 is 27.9 Å². The van der Waals surface area contributed by atoms with E-state index in [1.165, 1.54) is 23.0 Å². The van der Waals surface area contributed by atoms with Gasteiger partial charge in [-0.25, -0.2) is 4.98 Å². The lowest BCUT2D eigenvalue weighted by Crippen LogP contribution is -2.23. The maximum Gasteiger partial charge on any atom is 0.298 e. The number of amides is 1. The molecule has 0 bridgehead atoms. The zero-order valence-electron chi connectivity index (χ0n) is 10.5. The van der Waals surface area contributed by atoms with E-state index < -0.39 is 5.56 Å². The van der Waals surface area contributed by atoms with E-state index in [0.29, 0.717) is 10.5 Å². The van der Waals surface area contributed by atoms with Crippen LogP contribution in [0.4, 0.5) is 5.69 Å². The first-order valence-electron chi connectivity index (χ1n) is 5.85. The third kappa shape index (κ3) is 2.08. The number of benzene rings is 1. The van der Waals surface area contributed by atoms with Gasteiger partial charge in [-0.15, -0.1) is 0 Å². The predicted octanol–water partition coefficient (Wildman–Crippen LogP) is 1.71. The van der Waals surface area contributed by atoms with Crippen molar-refractivity contribution in [2.75, 3.05) is 5.32 Å². The zero-order valence-corrected chi connectivity index (χ0v) is 11.3. The predicted molar refractivity (Wildman–Crippen MR) is 76.3 cm³/mol. The van der Waals surface area contributed by atoms with Crippen LogP contribution in [0.3, 0.4) is 0 Å². The second kappa shape index (κ2) is 4.86. The molecule has 1 N–H and O–H groups in total. The molecule has 0 aliphatic heterocycles. The Morgan fingerprint density at radius 3 is 2.95 bits per heavy atom. The number of aromatic nitrogens is 3. The molecule has 100 valence electrons. The van der Waals surface area contributed by atoms with E-state index in [4.69, 9.17) is 0 Å². The summed E-state index contributed by atoms with van der Waals surface area (Å²) < 4.78 is 1.16. The van der Waals surface area contributed by atoms with Gasteiger partial charge in [-0.1, -0.05) is 29.5 Å². The van der Waals surface area contributed by atoms with Crippen LogP contribution in [-0.4, -0.2) is 20.5 Å². The topological polar surface area (TPSA) is 76.4 Å². The standard InChI is InChI=1S/C13H10N4O2S/c1-8-4-2-3-5-9(8)11(18)16-10-6-14-13-17(12(10)19)15-7-20-13/h2-7H,1H3,(H,16,18). The van der Waals surface area contributed by atoms with Gasteiger partial charge in [0.2, 0.25) is 4.96 Å². The van der Waals surface area contributed by atoms with Crippen LogP contribution >= 0.6 is 11.3 Å². The van der Waals surface area contributed by atoms with E-state index >= 15 is 0 Å². The van der Waals surface area contributed by atoms with Crippen molar-refractivity contribution in [1.82, 2.24) is 14.6 Å². The largest absolute Gasteiger partial charge is 0.316 e. The molecule has 0 spiro atoms. The molecule has 0 saturated carbocycles. The highest BCUT2D eigenvalue weighted by Crippen LogP contribution is 2.10. The van der Waals surface area contributed by atoms with Gasteiger partial charge >= 0.3 is 0 Å². The molecule has 1 amide bonds. The molecule has 2 heterocycles. The minimum atomic E-state index is -0.391. The molecule has 20 heavy (non-hydrogen) atoms. The third-order valence-electron chi connectivity index (χ3n) is 2.87. The third-order valence-corrected chi connectivity index (χ3v) is 3.56. The Labute approximate surface area is 117 Å². The lowest BCUT2D eigenvalue weighted by atomic mass is 10.1. The average molecular weight is 286 g/mol. The highest BCUT2D eigenvalue weighted by molar-refractivity contribution is 7.14. The van der Waals surface area contributed by atoms with Gasteiger partial charge in [-0.3, -0.25) is 9.59 Å². The number of rotatable bonds is 2. The summed E-state index contributed by atoms with van der Waals surface area (Å²) >= 11 is 1.26. The van der Waals surface area contributed by atoms with Gasteiger partial charge in [0.1, 0.15) is 11.2 Å². The second-order valence-corrected chi connectivity index (χ2v) is 4.99. The monoisotopic (exact) mass is 286 g/mol. The van der Waals surface area contributed by atoms with Crippen molar-refractivity contribution in [3.63, 3.8) is 0 Å². The van der Waals surface area contributed by atoms with Gasteiger partial charge in [0.25, 0.3) is 11.5 Å². The normalized spacial score (nSPS) is 10.7. The Kier molecular flexibility index (Phi) is 3.03. The van der Waals surface area contributed by atoms with Crippen LogP contribution in [0.15, 0.2) is 40.8 Å². The SMILES string of the molecule is Cc1ccccc1C(=O)Nc1cnc2scnn2c1=O. The minimum Gasteiger partial charge on any atom is -0.316 e. The fraction of sp³-hybridized carbons (Fsp3) is 0.0769. The maximum absolute atomic E-state index is 12.2. The fourth-order valence-electron chi connectivity index (χ4n) is 1.83. The first kappa shape index (κ1) is 12.5. The van der Waals surface area contributed by atoms with Crippen LogP contribution in [0.1, 0.15) is 15.9 Å². The summed E-state index contributed by atoms with van der Waals surface area (Å²) in [4.78, 5) is 28.8. The number of nitrogens with one attached hydrogen (secondary N) is 1. The van der Waals surface area contributed by atoms with Gasteiger partial charge in [-0.2, -0.15) is 9.61 Å². The van der Waals surface area contributed by atoms with E-state index in [2.05, 4.69) is 15.4 Å². The van der Waals surface area contributed by atoms with Crippen molar-refractivity contribution < 1.29 is 4.79 Å². The van der Waals surface area contributed by atoms with Crippen LogP contribution in [0.25, 0.3) is 4.96 Å². The Bertz CT molecular complexity index is 853. The van der Waals surface area contributed by atoms with Crippen LogP contribution in [0, 0.1) is 6.92 Å². The number of aryl methyl sites for hydroxylation is 1. The second-order valence-electron chi connectivity index (χ2n) is 4.18. The number of nitrogens with zero attached hydrogens (tertiary/aromatic N) is 3. The number of anilines is 1. The molecule has 0 saturated heterocycles. The molecule has 1 aromatic carbocycles. The van der Waals surface area contributed by atoms with Gasteiger partial charge in [0, 0.05) is 5.56 Å². The molecule has 3 rings (SSSR count). The molecule has 0 unspecified atom stereocenters. The summed E-state index contributed by atoms with van der Waals surface area (Å²) in [5.41, 5.74) is 2.61. The van der Waals surface area contributed by atoms with Crippen molar-refractivity contribution in [2.24, 2.45) is 0 Å². The molecule has 0 atom stereocenters. The van der Waals surface area contributed by atoms with E-state index in [1.54, 1.807) is 12.1 Å². The molecule has 2 aromatic heterocycles. The maximum atomic E-state index is 12.2. The van der Waals surface area contributed by atoms with Crippen molar-refractivity contribution in [2.45, 2.75) is 6.92 Å². The summed E-state index contributed by atoms with van der Waals surface area (Å²) in [6, 6.07) is 7.17. The molecule has 0 aliphatic carbocycles. The van der Waals surface area contributed by atoms with Crippen LogP contribution < -0.4 is 10.9 Å². The number of carbonyl (C=O) groups excluding carboxylic acids is 1. The number of carbonyl (C=O) groups is 1. The van der Waals surface area contributed by atoms with Gasteiger partial charge in [0.15, 0.2) is 0 Å². The van der Waals surface area contributed by atoms with Crippen LogP contribution in [0.5, 0.6) is 0 Å². The average Bonchev–Trinajstić information content (AvgIpc) is 2.91. The Balaban J connectivity index is 1.97. The van der Waals surface area contributed by atoms with E-state index in [9.17, 15) is 9.59 Å². The summed E-state index contributed by atoms with van der Waals surface area (Å²) in [5, 5.41) is 6.46. The zero-order chi connectivity index (χ0) is 14.1. The smallest absolute Gasteiger partial charge is 0.298 e. The number of fused-ring (bicyclic) bond motifs is 1.